The van der Waals surface area contributed by atoms with Gasteiger partial charge in [0, 0.05) is 40.6 Å². The fraction of sp³-hybridized carbons (Fsp3) is 0.250. The highest BCUT2D eigenvalue weighted by Gasteiger charge is 2.25. The molecule has 134 valence electrons. The van der Waals surface area contributed by atoms with Gasteiger partial charge in [0.2, 0.25) is 0 Å². The van der Waals surface area contributed by atoms with Gasteiger partial charge in [0.1, 0.15) is 9.86 Å². The molecule has 5 rings (SSSR count). The summed E-state index contributed by atoms with van der Waals surface area (Å²) in [5, 5.41) is 2.84. The van der Waals surface area contributed by atoms with Gasteiger partial charge < -0.3 is 0 Å². The Labute approximate surface area is 165 Å². The molecule has 4 heterocycles. The molecule has 0 saturated heterocycles. The van der Waals surface area contributed by atoms with Crippen LogP contribution in [0.3, 0.4) is 0 Å². The van der Waals surface area contributed by atoms with Gasteiger partial charge in [0.05, 0.1) is 0 Å². The lowest BCUT2D eigenvalue weighted by molar-refractivity contribution is 0.509. The second-order valence-corrected chi connectivity index (χ2v) is 8.80. The number of thiophene rings is 1. The average Bonchev–Trinajstić information content (AvgIpc) is 3.07. The van der Waals surface area contributed by atoms with Crippen molar-refractivity contribution in [2.24, 2.45) is 5.92 Å². The van der Waals surface area contributed by atoms with Gasteiger partial charge in [-0.25, -0.2) is 19.9 Å². The van der Waals surface area contributed by atoms with Crippen molar-refractivity contribution in [3.05, 3.63) is 53.4 Å². The first-order valence-electron chi connectivity index (χ1n) is 8.95. The number of hydrogen-bond acceptors (Lipinski definition) is 7. The van der Waals surface area contributed by atoms with Crippen molar-refractivity contribution in [1.29, 1.82) is 0 Å². The molecule has 27 heavy (non-hydrogen) atoms. The number of pyridine rings is 1. The van der Waals surface area contributed by atoms with Gasteiger partial charge in [-0.1, -0.05) is 6.92 Å². The second kappa shape index (κ2) is 6.98. The SMILES string of the molecule is C[C@H]1CCc2c(sc3nc(-c4cccnc4)nc(Sc4ncccn4)c23)C1. The van der Waals surface area contributed by atoms with E-state index in [1.54, 1.807) is 18.6 Å². The number of nitrogens with zero attached hydrogens (tertiary/aromatic N) is 5. The summed E-state index contributed by atoms with van der Waals surface area (Å²) in [5.74, 6) is 1.44. The van der Waals surface area contributed by atoms with Crippen molar-refractivity contribution in [1.82, 2.24) is 24.9 Å². The van der Waals surface area contributed by atoms with Crippen LogP contribution in [-0.2, 0) is 12.8 Å². The van der Waals surface area contributed by atoms with E-state index in [1.165, 1.54) is 34.0 Å². The van der Waals surface area contributed by atoms with Crippen LogP contribution in [0.4, 0.5) is 0 Å². The molecule has 0 bridgehead atoms. The fourth-order valence-corrected chi connectivity index (χ4v) is 5.73. The predicted octanol–water partition coefficient (Wildman–Crippen LogP) is 4.82. The molecule has 1 aliphatic carbocycles. The van der Waals surface area contributed by atoms with Crippen molar-refractivity contribution in [2.75, 3.05) is 0 Å². The normalized spacial score (nSPS) is 16.4. The number of aryl methyl sites for hydroxylation is 1. The minimum Gasteiger partial charge on any atom is -0.264 e. The van der Waals surface area contributed by atoms with Crippen molar-refractivity contribution in [3.63, 3.8) is 0 Å². The lowest BCUT2D eigenvalue weighted by Gasteiger charge is -2.18. The smallest absolute Gasteiger partial charge is 0.193 e. The van der Waals surface area contributed by atoms with E-state index in [1.807, 2.05) is 35.7 Å². The third-order valence-corrected chi connectivity index (χ3v) is 6.80. The minimum atomic E-state index is 0.707. The number of aromatic nitrogens is 5. The summed E-state index contributed by atoms with van der Waals surface area (Å²) in [5.41, 5.74) is 2.35. The van der Waals surface area contributed by atoms with Crippen molar-refractivity contribution < 1.29 is 0 Å². The van der Waals surface area contributed by atoms with Crippen LogP contribution < -0.4 is 0 Å². The van der Waals surface area contributed by atoms with E-state index in [0.29, 0.717) is 11.0 Å². The first-order valence-corrected chi connectivity index (χ1v) is 10.6. The van der Waals surface area contributed by atoms with Crippen molar-refractivity contribution >= 4 is 33.3 Å². The highest BCUT2D eigenvalue weighted by atomic mass is 32.2. The van der Waals surface area contributed by atoms with Gasteiger partial charge in [-0.3, -0.25) is 4.98 Å². The molecule has 7 heteroatoms. The van der Waals surface area contributed by atoms with Crippen LogP contribution in [0.1, 0.15) is 23.8 Å². The van der Waals surface area contributed by atoms with Gasteiger partial charge in [0.15, 0.2) is 11.0 Å². The van der Waals surface area contributed by atoms with Crippen LogP contribution >= 0.6 is 23.1 Å². The Hall–Kier alpha value is -2.38. The van der Waals surface area contributed by atoms with Crippen LogP contribution in [0.5, 0.6) is 0 Å². The molecular formula is C20H17N5S2. The Morgan fingerprint density at radius 2 is 2.00 bits per heavy atom. The third-order valence-electron chi connectivity index (χ3n) is 4.77. The molecule has 0 fully saturated rings. The lowest BCUT2D eigenvalue weighted by atomic mass is 9.89. The zero-order chi connectivity index (χ0) is 18.2. The average molecular weight is 392 g/mol. The summed E-state index contributed by atoms with van der Waals surface area (Å²) in [7, 11) is 0. The summed E-state index contributed by atoms with van der Waals surface area (Å²) >= 11 is 3.33. The minimum absolute atomic E-state index is 0.707. The molecule has 0 saturated carbocycles. The van der Waals surface area contributed by atoms with E-state index in [9.17, 15) is 0 Å². The molecule has 0 spiro atoms. The second-order valence-electron chi connectivity index (χ2n) is 6.76. The van der Waals surface area contributed by atoms with Crippen molar-refractivity contribution in [3.8, 4) is 11.4 Å². The van der Waals surface area contributed by atoms with Crippen LogP contribution in [0, 0.1) is 5.92 Å². The van der Waals surface area contributed by atoms with Gasteiger partial charge in [0.25, 0.3) is 0 Å². The maximum Gasteiger partial charge on any atom is 0.193 e. The highest BCUT2D eigenvalue weighted by Crippen LogP contribution is 2.42. The van der Waals surface area contributed by atoms with E-state index in [4.69, 9.17) is 9.97 Å². The molecule has 0 aliphatic heterocycles. The largest absolute Gasteiger partial charge is 0.264 e. The molecule has 1 atom stereocenters. The first-order chi connectivity index (χ1) is 13.3. The zero-order valence-electron chi connectivity index (χ0n) is 14.8. The van der Waals surface area contributed by atoms with Gasteiger partial charge in [-0.05, 0) is 60.7 Å². The molecule has 1 aliphatic rings. The molecule has 4 aromatic heterocycles. The van der Waals surface area contributed by atoms with Gasteiger partial charge in [-0.15, -0.1) is 11.3 Å². The van der Waals surface area contributed by atoms with E-state index < -0.39 is 0 Å². The molecule has 0 unspecified atom stereocenters. The summed E-state index contributed by atoms with van der Waals surface area (Å²) < 4.78 is 0. The molecule has 0 radical (unpaired) electrons. The van der Waals surface area contributed by atoms with E-state index in [2.05, 4.69) is 21.9 Å². The third kappa shape index (κ3) is 3.21. The summed E-state index contributed by atoms with van der Waals surface area (Å²) in [4.78, 5) is 25.3. The highest BCUT2D eigenvalue weighted by molar-refractivity contribution is 7.99. The number of fused-ring (bicyclic) bond motifs is 3. The predicted molar refractivity (Wildman–Crippen MR) is 108 cm³/mol. The topological polar surface area (TPSA) is 64.5 Å². The maximum absolute atomic E-state index is 4.90. The van der Waals surface area contributed by atoms with E-state index in [0.717, 1.165) is 34.2 Å². The standard InChI is InChI=1S/C20H17N5S2/c1-12-5-6-14-15(10-12)26-18-16(14)19(27-20-22-8-3-9-23-20)25-17(24-18)13-4-2-7-21-11-13/h2-4,7-9,11-12H,5-6,10H2,1H3/t12-/m0/s1. The molecule has 0 aromatic carbocycles. The van der Waals surface area contributed by atoms with Crippen LogP contribution in [0.25, 0.3) is 21.6 Å². The Balaban J connectivity index is 1.71. The molecule has 0 N–H and O–H groups in total. The number of rotatable bonds is 3. The fourth-order valence-electron chi connectivity index (χ4n) is 3.43. The van der Waals surface area contributed by atoms with Gasteiger partial charge >= 0.3 is 0 Å². The quantitative estimate of drug-likeness (QED) is 0.368. The van der Waals surface area contributed by atoms with E-state index >= 15 is 0 Å². The molecule has 5 nitrogen and oxygen atoms in total. The van der Waals surface area contributed by atoms with Crippen molar-refractivity contribution in [2.45, 2.75) is 36.4 Å². The van der Waals surface area contributed by atoms with Crippen LogP contribution in [0.15, 0.2) is 53.2 Å². The Bertz CT molecular complexity index is 1100. The molecule has 0 amide bonds. The summed E-state index contributed by atoms with van der Waals surface area (Å²) in [6.45, 7) is 2.33. The maximum atomic E-state index is 4.90. The van der Waals surface area contributed by atoms with Gasteiger partial charge in [-0.2, -0.15) is 0 Å². The monoisotopic (exact) mass is 391 g/mol. The zero-order valence-corrected chi connectivity index (χ0v) is 16.4. The Morgan fingerprint density at radius 3 is 2.81 bits per heavy atom. The Kier molecular flexibility index (Phi) is 4.33. The van der Waals surface area contributed by atoms with Crippen LogP contribution in [-0.4, -0.2) is 24.9 Å². The molecule has 4 aromatic rings. The van der Waals surface area contributed by atoms with Crippen LogP contribution in [0.2, 0.25) is 0 Å². The molecular weight excluding hydrogens is 374 g/mol. The number of hydrogen-bond donors (Lipinski definition) is 0. The van der Waals surface area contributed by atoms with E-state index in [-0.39, 0.29) is 0 Å². The Morgan fingerprint density at radius 1 is 1.11 bits per heavy atom. The summed E-state index contributed by atoms with van der Waals surface area (Å²) in [6, 6.07) is 5.74. The lowest BCUT2D eigenvalue weighted by Crippen LogP contribution is -2.08. The first kappa shape index (κ1) is 16.8. The summed E-state index contributed by atoms with van der Waals surface area (Å²) in [6.07, 6.45) is 10.5.